The average molecular weight is 322 g/mol. The van der Waals surface area contributed by atoms with Gasteiger partial charge in [-0.2, -0.15) is 4.98 Å². The molecule has 1 aromatic heterocycles. The fourth-order valence-electron chi connectivity index (χ4n) is 3.39. The minimum Gasteiger partial charge on any atom is -0.340 e. The Bertz CT molecular complexity index is 762. The van der Waals surface area contributed by atoms with E-state index in [2.05, 4.69) is 57.6 Å². The van der Waals surface area contributed by atoms with Crippen LogP contribution in [-0.2, 0) is 6.54 Å². The predicted molar refractivity (Wildman–Crippen MR) is 97.3 cm³/mol. The maximum Gasteiger partial charge on any atom is 0.227 e. The first kappa shape index (κ1) is 15.1. The van der Waals surface area contributed by atoms with Crippen LogP contribution in [0.3, 0.4) is 0 Å². The Labute approximate surface area is 142 Å². The molecule has 0 radical (unpaired) electrons. The number of anilines is 3. The highest BCUT2D eigenvalue weighted by atomic mass is 15.3. The molecule has 0 amide bonds. The normalized spacial score (nSPS) is 22.5. The van der Waals surface area contributed by atoms with Crippen LogP contribution in [0, 0.1) is 0 Å². The zero-order valence-corrected chi connectivity index (χ0v) is 14.0. The first-order valence-corrected chi connectivity index (χ1v) is 8.41. The van der Waals surface area contributed by atoms with Gasteiger partial charge in [0.15, 0.2) is 0 Å². The van der Waals surface area contributed by atoms with Crippen molar-refractivity contribution in [3.05, 3.63) is 41.6 Å². The smallest absolute Gasteiger partial charge is 0.227 e. The highest BCUT2D eigenvalue weighted by Gasteiger charge is 2.22. The van der Waals surface area contributed by atoms with E-state index in [1.165, 1.54) is 11.1 Å². The van der Waals surface area contributed by atoms with Gasteiger partial charge in [-0.1, -0.05) is 6.07 Å². The van der Waals surface area contributed by atoms with Crippen molar-refractivity contribution in [3.8, 4) is 0 Å². The summed E-state index contributed by atoms with van der Waals surface area (Å²) in [7, 11) is 0. The lowest BCUT2D eigenvalue weighted by molar-refractivity contribution is 0.403. The zero-order valence-electron chi connectivity index (χ0n) is 14.0. The number of hydrogen-bond donors (Lipinski definition) is 2. The van der Waals surface area contributed by atoms with E-state index < -0.39 is 0 Å². The van der Waals surface area contributed by atoms with Gasteiger partial charge in [-0.05, 0) is 43.2 Å². The van der Waals surface area contributed by atoms with E-state index in [1.54, 1.807) is 0 Å². The number of hydrogen-bond acceptors (Lipinski definition) is 6. The van der Waals surface area contributed by atoms with Crippen LogP contribution in [0.25, 0.3) is 0 Å². The molecule has 4 rings (SSSR count). The summed E-state index contributed by atoms with van der Waals surface area (Å²) in [5.74, 6) is 1.59. The van der Waals surface area contributed by atoms with Gasteiger partial charge in [-0.3, -0.25) is 4.99 Å². The van der Waals surface area contributed by atoms with Gasteiger partial charge in [0.1, 0.15) is 5.82 Å². The minimum atomic E-state index is 0.435. The minimum absolute atomic E-state index is 0.435. The van der Waals surface area contributed by atoms with Crippen LogP contribution in [0.15, 0.2) is 35.5 Å². The predicted octanol–water partition coefficient (Wildman–Crippen LogP) is 2.34. The van der Waals surface area contributed by atoms with Gasteiger partial charge in [0.2, 0.25) is 5.95 Å². The van der Waals surface area contributed by atoms with Gasteiger partial charge in [-0.15, -0.1) is 0 Å². The molecular formula is C18H22N6. The Morgan fingerprint density at radius 1 is 1.17 bits per heavy atom. The largest absolute Gasteiger partial charge is 0.340 e. The Kier molecular flexibility index (Phi) is 3.90. The first-order valence-electron chi connectivity index (χ1n) is 8.41. The topological polar surface area (TPSA) is 65.4 Å². The van der Waals surface area contributed by atoms with Gasteiger partial charge < -0.3 is 15.5 Å². The molecule has 0 saturated carbocycles. The maximum atomic E-state index is 4.70. The number of rotatable bonds is 3. The summed E-state index contributed by atoms with van der Waals surface area (Å²) in [4.78, 5) is 15.7. The highest BCUT2D eigenvalue weighted by Crippen LogP contribution is 2.22. The fraction of sp³-hybridized carbons (Fsp3) is 0.389. The molecule has 2 N–H and O–H groups in total. The summed E-state index contributed by atoms with van der Waals surface area (Å²) in [5, 5.41) is 6.91. The summed E-state index contributed by atoms with van der Waals surface area (Å²) in [6.45, 7) is 7.01. The lowest BCUT2D eigenvalue weighted by atomic mass is 10.1. The number of nitrogens with zero attached hydrogens (tertiary/aromatic N) is 4. The van der Waals surface area contributed by atoms with Crippen molar-refractivity contribution in [2.24, 2.45) is 4.99 Å². The summed E-state index contributed by atoms with van der Waals surface area (Å²) in [6.07, 6.45) is 3.74. The van der Waals surface area contributed by atoms with E-state index in [0.717, 1.165) is 37.1 Å². The van der Waals surface area contributed by atoms with Crippen LogP contribution in [0.4, 0.5) is 17.5 Å². The SMILES string of the molecule is CC1CN(c2nccc(Nc3ccc4c(c3)C=NC4)n2)CC(C)N1. The average Bonchev–Trinajstić information content (AvgIpc) is 3.02. The lowest BCUT2D eigenvalue weighted by Gasteiger charge is -2.36. The lowest BCUT2D eigenvalue weighted by Crippen LogP contribution is -2.54. The Hall–Kier alpha value is -2.47. The number of aliphatic imine (C=N–C) groups is 1. The number of nitrogens with one attached hydrogen (secondary N) is 2. The molecule has 6 heteroatoms. The Morgan fingerprint density at radius 2 is 2.00 bits per heavy atom. The van der Waals surface area contributed by atoms with Crippen molar-refractivity contribution < 1.29 is 0 Å². The molecule has 0 aliphatic carbocycles. The molecule has 2 aliphatic rings. The molecule has 24 heavy (non-hydrogen) atoms. The second-order valence-corrected chi connectivity index (χ2v) is 6.62. The highest BCUT2D eigenvalue weighted by molar-refractivity contribution is 5.86. The van der Waals surface area contributed by atoms with Crippen molar-refractivity contribution in [3.63, 3.8) is 0 Å². The van der Waals surface area contributed by atoms with Crippen LogP contribution in [-0.4, -0.2) is 41.4 Å². The molecular weight excluding hydrogens is 300 g/mol. The van der Waals surface area contributed by atoms with Crippen molar-refractivity contribution in [2.45, 2.75) is 32.5 Å². The second kappa shape index (κ2) is 6.20. The third-order valence-electron chi connectivity index (χ3n) is 4.39. The van der Waals surface area contributed by atoms with Crippen LogP contribution in [0.2, 0.25) is 0 Å². The third kappa shape index (κ3) is 3.10. The standard InChI is InChI=1S/C18H22N6/c1-12-10-24(11-13(2)21-12)18-20-6-5-17(23-18)22-16-4-3-14-8-19-9-15(14)7-16/h3-7,9,12-13,21H,8,10-11H2,1-2H3,(H,20,22,23). The van der Waals surface area contributed by atoms with Gasteiger partial charge in [0.05, 0.1) is 6.54 Å². The molecule has 2 atom stereocenters. The third-order valence-corrected chi connectivity index (χ3v) is 4.39. The summed E-state index contributed by atoms with van der Waals surface area (Å²) in [5.41, 5.74) is 3.47. The zero-order chi connectivity index (χ0) is 16.5. The molecule has 2 unspecified atom stereocenters. The van der Waals surface area contributed by atoms with E-state index >= 15 is 0 Å². The van der Waals surface area contributed by atoms with Crippen LogP contribution in [0.1, 0.15) is 25.0 Å². The first-order chi connectivity index (χ1) is 11.7. The van der Waals surface area contributed by atoms with Crippen molar-refractivity contribution >= 4 is 23.7 Å². The molecule has 0 spiro atoms. The monoisotopic (exact) mass is 322 g/mol. The molecule has 6 nitrogen and oxygen atoms in total. The Balaban J connectivity index is 1.53. The Morgan fingerprint density at radius 3 is 2.83 bits per heavy atom. The van der Waals surface area contributed by atoms with Crippen molar-refractivity contribution in [2.75, 3.05) is 23.3 Å². The number of benzene rings is 1. The molecule has 1 saturated heterocycles. The van der Waals surface area contributed by atoms with E-state index in [4.69, 9.17) is 4.98 Å². The number of aromatic nitrogens is 2. The van der Waals surface area contributed by atoms with Crippen LogP contribution in [0.5, 0.6) is 0 Å². The second-order valence-electron chi connectivity index (χ2n) is 6.62. The molecule has 3 heterocycles. The molecule has 2 aliphatic heterocycles. The molecule has 1 aromatic carbocycles. The molecule has 124 valence electrons. The number of fused-ring (bicyclic) bond motifs is 1. The quantitative estimate of drug-likeness (QED) is 0.908. The fourth-order valence-corrected chi connectivity index (χ4v) is 3.39. The molecule has 0 bridgehead atoms. The van der Waals surface area contributed by atoms with Gasteiger partial charge in [0.25, 0.3) is 0 Å². The van der Waals surface area contributed by atoms with Crippen LogP contribution < -0.4 is 15.5 Å². The van der Waals surface area contributed by atoms with Gasteiger partial charge in [-0.25, -0.2) is 4.98 Å². The molecule has 1 fully saturated rings. The van der Waals surface area contributed by atoms with Crippen molar-refractivity contribution in [1.82, 2.24) is 15.3 Å². The van der Waals surface area contributed by atoms with E-state index in [1.807, 2.05) is 18.5 Å². The molecule has 2 aromatic rings. The van der Waals surface area contributed by atoms with E-state index in [9.17, 15) is 0 Å². The summed E-state index contributed by atoms with van der Waals surface area (Å²) >= 11 is 0. The maximum absolute atomic E-state index is 4.70. The van der Waals surface area contributed by atoms with E-state index in [-0.39, 0.29) is 0 Å². The van der Waals surface area contributed by atoms with Crippen LogP contribution >= 0.6 is 0 Å². The summed E-state index contributed by atoms with van der Waals surface area (Å²) in [6, 6.07) is 9.08. The number of piperazine rings is 1. The summed E-state index contributed by atoms with van der Waals surface area (Å²) < 4.78 is 0. The van der Waals surface area contributed by atoms with Gasteiger partial charge >= 0.3 is 0 Å². The van der Waals surface area contributed by atoms with Gasteiger partial charge in [0, 0.05) is 43.3 Å². The van der Waals surface area contributed by atoms with E-state index in [0.29, 0.717) is 12.1 Å². The van der Waals surface area contributed by atoms with Crippen molar-refractivity contribution in [1.29, 1.82) is 0 Å².